The van der Waals surface area contributed by atoms with Crippen molar-refractivity contribution in [3.05, 3.63) is 0 Å². The van der Waals surface area contributed by atoms with E-state index in [0.717, 1.165) is 32.1 Å². The number of carbonyl (C=O) groups is 1. The van der Waals surface area contributed by atoms with E-state index in [2.05, 4.69) is 20.8 Å². The number of ether oxygens (including phenoxy) is 14. The summed E-state index contributed by atoms with van der Waals surface area (Å²) in [4.78, 5) is 14.9. The van der Waals surface area contributed by atoms with Crippen molar-refractivity contribution in [3.63, 3.8) is 0 Å². The van der Waals surface area contributed by atoms with Crippen molar-refractivity contribution >= 4 is 5.78 Å². The van der Waals surface area contributed by atoms with E-state index in [1.807, 2.05) is 6.92 Å². The average molecular weight is 1360 g/mol. The predicted molar refractivity (Wildman–Crippen MR) is 309 cm³/mol. The number of Topliss-reactive ketones (excluding diaryl/α,β-unsaturated/α-hetero) is 1. The van der Waals surface area contributed by atoms with E-state index < -0.39 is 222 Å². The third-order valence-electron chi connectivity index (χ3n) is 23.6. The maximum Gasteiger partial charge on any atom is 0.187 e. The van der Waals surface area contributed by atoms with Gasteiger partial charge in [-0.25, -0.2) is 0 Å². The average Bonchev–Trinajstić information content (AvgIpc) is 1.49. The van der Waals surface area contributed by atoms with Gasteiger partial charge in [-0.1, -0.05) is 27.7 Å². The lowest BCUT2D eigenvalue weighted by Gasteiger charge is -2.61. The minimum atomic E-state index is -2.07. The van der Waals surface area contributed by atoms with Gasteiger partial charge < -0.3 is 153 Å². The molecule has 4 unspecified atom stereocenters. The molecular weight excluding hydrogens is 1260 g/mol. The van der Waals surface area contributed by atoms with Crippen LogP contribution in [0, 0.1) is 52.3 Å². The number of ketones is 1. The molecule has 0 aromatic heterocycles. The van der Waals surface area contributed by atoms with Gasteiger partial charge >= 0.3 is 0 Å². The lowest BCUT2D eigenvalue weighted by Crippen LogP contribution is -2.69. The van der Waals surface area contributed by atoms with Gasteiger partial charge in [0.15, 0.2) is 49.3 Å². The van der Waals surface area contributed by atoms with E-state index in [-0.39, 0.29) is 78.2 Å². The Balaban J connectivity index is 0.788. The van der Waals surface area contributed by atoms with Crippen molar-refractivity contribution in [2.75, 3.05) is 46.8 Å². The zero-order valence-corrected chi connectivity index (χ0v) is 53.7. The summed E-state index contributed by atoms with van der Waals surface area (Å²) >= 11 is 0. The molecular formula is C62H102O32. The first-order chi connectivity index (χ1) is 44.5. The Labute approximate surface area is 543 Å². The second-order valence-electron chi connectivity index (χ2n) is 29.1. The molecule has 0 amide bonds. The number of aliphatic hydroxyl groups is 17. The Bertz CT molecular complexity index is 2490. The van der Waals surface area contributed by atoms with Crippen LogP contribution in [-0.4, -0.2) is 329 Å². The van der Waals surface area contributed by atoms with Crippen LogP contribution < -0.4 is 0 Å². The van der Waals surface area contributed by atoms with Gasteiger partial charge in [0, 0.05) is 25.9 Å². The largest absolute Gasteiger partial charge is 0.394 e. The first kappa shape index (κ1) is 73.6. The summed E-state index contributed by atoms with van der Waals surface area (Å²) in [7, 11) is 1.67. The van der Waals surface area contributed by atoms with Gasteiger partial charge in [-0.15, -0.1) is 0 Å². The van der Waals surface area contributed by atoms with Gasteiger partial charge in [0.05, 0.1) is 51.8 Å². The molecule has 32 heteroatoms. The number of carbonyl (C=O) groups excluding carboxylic acids is 1. The van der Waals surface area contributed by atoms with Gasteiger partial charge in [-0.3, -0.25) is 4.79 Å². The number of fused-ring (bicyclic) bond motifs is 7. The molecule has 94 heavy (non-hydrogen) atoms. The molecule has 4 aliphatic carbocycles. The highest BCUT2D eigenvalue weighted by Crippen LogP contribution is 2.71. The molecule has 0 aromatic carbocycles. The molecule has 7 saturated heterocycles. The van der Waals surface area contributed by atoms with E-state index in [0.29, 0.717) is 12.8 Å². The van der Waals surface area contributed by atoms with E-state index >= 15 is 0 Å². The third-order valence-corrected chi connectivity index (χ3v) is 23.6. The van der Waals surface area contributed by atoms with Crippen molar-refractivity contribution < 1.29 is 158 Å². The highest BCUT2D eigenvalue weighted by atomic mass is 16.8. The molecule has 7 heterocycles. The molecule has 0 bridgehead atoms. The first-order valence-corrected chi connectivity index (χ1v) is 33.4. The zero-order chi connectivity index (χ0) is 67.9. The molecule has 32 nitrogen and oxygen atoms in total. The van der Waals surface area contributed by atoms with Crippen LogP contribution in [0.15, 0.2) is 0 Å². The van der Waals surface area contributed by atoms with Crippen LogP contribution in [0.1, 0.15) is 92.4 Å². The fraction of sp³-hybridized carbons (Fsp3) is 0.984. The second kappa shape index (κ2) is 29.4. The summed E-state index contributed by atoms with van der Waals surface area (Å²) in [6.45, 7) is 6.67. The van der Waals surface area contributed by atoms with E-state index in [1.54, 1.807) is 7.11 Å². The quantitative estimate of drug-likeness (QED) is 0.0504. The number of rotatable bonds is 20. The van der Waals surface area contributed by atoms with Gasteiger partial charge in [0.25, 0.3) is 0 Å². The van der Waals surface area contributed by atoms with Crippen LogP contribution in [0.4, 0.5) is 0 Å². The molecule has 0 aromatic rings. The Morgan fingerprint density at radius 3 is 1.72 bits per heavy atom. The molecule has 4 saturated carbocycles. The van der Waals surface area contributed by atoms with Crippen molar-refractivity contribution in [2.45, 2.75) is 282 Å². The minimum absolute atomic E-state index is 0.00313. The summed E-state index contributed by atoms with van der Waals surface area (Å²) in [6, 6.07) is 0. The van der Waals surface area contributed by atoms with E-state index in [4.69, 9.17) is 66.3 Å². The van der Waals surface area contributed by atoms with Gasteiger partial charge in [0.2, 0.25) is 0 Å². The lowest BCUT2D eigenvalue weighted by molar-refractivity contribution is -0.407. The molecule has 11 rings (SSSR count). The molecule has 542 valence electrons. The number of hydrogen-bond donors (Lipinski definition) is 17. The zero-order valence-electron chi connectivity index (χ0n) is 53.7. The first-order valence-electron chi connectivity index (χ1n) is 33.4. The van der Waals surface area contributed by atoms with E-state index in [1.165, 1.54) is 6.92 Å². The summed E-state index contributed by atoms with van der Waals surface area (Å²) in [5.41, 5.74) is -0.577. The van der Waals surface area contributed by atoms with Crippen LogP contribution in [0.25, 0.3) is 0 Å². The monoisotopic (exact) mass is 1360 g/mol. The van der Waals surface area contributed by atoms with Crippen LogP contribution in [0.3, 0.4) is 0 Å². The molecule has 40 atom stereocenters. The Morgan fingerprint density at radius 1 is 0.532 bits per heavy atom. The molecule has 11 aliphatic rings. The molecule has 0 radical (unpaired) electrons. The second-order valence-corrected chi connectivity index (χ2v) is 29.1. The fourth-order valence-electron chi connectivity index (χ4n) is 18.1. The molecule has 7 aliphatic heterocycles. The van der Waals surface area contributed by atoms with E-state index in [9.17, 15) is 91.6 Å². The van der Waals surface area contributed by atoms with Crippen molar-refractivity contribution in [3.8, 4) is 0 Å². The van der Waals surface area contributed by atoms with Crippen LogP contribution in [-0.2, 0) is 71.1 Å². The van der Waals surface area contributed by atoms with Crippen LogP contribution in [0.2, 0.25) is 0 Å². The van der Waals surface area contributed by atoms with Crippen molar-refractivity contribution in [1.82, 2.24) is 0 Å². The van der Waals surface area contributed by atoms with Gasteiger partial charge in [0.1, 0.15) is 134 Å². The minimum Gasteiger partial charge on any atom is -0.394 e. The third kappa shape index (κ3) is 13.5. The number of hydrogen-bond acceptors (Lipinski definition) is 32. The predicted octanol–water partition coefficient (Wildman–Crippen LogP) is -6.17. The fourth-order valence-corrected chi connectivity index (χ4v) is 18.1. The summed E-state index contributed by atoms with van der Waals surface area (Å²) in [5.74, 6) is -0.381. The summed E-state index contributed by atoms with van der Waals surface area (Å²) < 4.78 is 85.5. The molecule has 17 N–H and O–H groups in total. The van der Waals surface area contributed by atoms with Crippen LogP contribution in [0.5, 0.6) is 0 Å². The maximum atomic E-state index is 14.9. The lowest BCUT2D eigenvalue weighted by atomic mass is 9.44. The van der Waals surface area contributed by atoms with Crippen LogP contribution >= 0.6 is 0 Å². The number of methoxy groups -OCH3 is 1. The van der Waals surface area contributed by atoms with Gasteiger partial charge in [-0.2, -0.15) is 0 Å². The topological polar surface area (TPSA) is 490 Å². The maximum absolute atomic E-state index is 14.9. The standard InChI is InChI=1S/C62H102O32/c1-22(19-82-54-47(78)44(75)41(72)34(16-63)87-54)9-12-62(81-6)23(2)37-33(94-62)14-28-26-8-7-25-13-32(29(66)15-61(25,5)27(26)10-11-60(28,37)4)86-58-52(92-57-48(79)43(74)38(69)24(3)85-57)49(80)50(36(18-65)89-58)90-59-53(93-56-46(77)40(71)31(68)21-84-56)51(42(73)35(17-64)88-59)91-55-45(76)39(70)30(67)20-83-55/h22-28,30-59,63-65,67-80H,7-21H2,1-6H3/t22-,23?,24+,25+,26-,27+,28+,30-,31+,32?,33?,34-,35-,36-,37?,38+,39+,40+,41-,42-,43-,44+,45-,46-,47-,48-,49+,50+,51+,52-,53-,54-,55+,56+,57+,58-,59+,60+,61+,62-/m1/s1. The number of aliphatic hydroxyl groups excluding tert-OH is 17. The normalized spacial score (nSPS) is 54.9. The Morgan fingerprint density at radius 2 is 1.09 bits per heavy atom. The van der Waals surface area contributed by atoms with Crippen molar-refractivity contribution in [1.29, 1.82) is 0 Å². The highest BCUT2D eigenvalue weighted by Gasteiger charge is 2.70. The highest BCUT2D eigenvalue weighted by molar-refractivity contribution is 5.84. The van der Waals surface area contributed by atoms with Gasteiger partial charge in [-0.05, 0) is 98.2 Å². The summed E-state index contributed by atoms with van der Waals surface area (Å²) in [6.07, 6.45) is -43.9. The Hall–Kier alpha value is -1.57. The SMILES string of the molecule is CO[C@]1(CC[C@@H](C)CO[C@@H]2O[C@H](CO)[C@@H](O)[C@H](O)[C@H]2O)OC2C[C@H]3[C@@H]4CC[C@H]5CC(O[C@@H]6O[C@H](CO)[C@H](O[C@@H]7O[C@H](CO)[C@@H](O)[C@H](O[C@@H]8OC[C@@H](O)[C@H](O)[C@H]8O)[C@H]7O[C@@H]7OC[C@H](O)[C@H](O)[C@H]7O)[C@H](O)[C@H]6O[C@@H]6O[C@@H](C)[C@H](O)[C@@H](O)[C@H]6O)C(=O)C[C@]5(C)[C@H]4CC[C@]3(C)C2C1C. The summed E-state index contributed by atoms with van der Waals surface area (Å²) in [5, 5.41) is 183. The smallest absolute Gasteiger partial charge is 0.187 e. The Kier molecular flexibility index (Phi) is 23.0. The van der Waals surface area contributed by atoms with Crippen molar-refractivity contribution in [2.24, 2.45) is 52.3 Å². The molecule has 11 fully saturated rings. The molecule has 0 spiro atoms.